The molecule has 0 aromatic carbocycles. The molecular formula is C14H17ClN4O2. The van der Waals surface area contributed by atoms with E-state index in [2.05, 4.69) is 15.3 Å². The van der Waals surface area contributed by atoms with Crippen LogP contribution < -0.4 is 0 Å². The summed E-state index contributed by atoms with van der Waals surface area (Å²) in [5, 5.41) is 12.5. The molecule has 0 spiro atoms. The number of aromatic nitrogens is 4. The Bertz CT molecular complexity index is 654. The summed E-state index contributed by atoms with van der Waals surface area (Å²) in [5.41, 5.74) is 2.22. The molecule has 2 rings (SSSR count). The SMILES string of the molecule is CCc1nnc(C)cc1C(=O)c1c(Cl)cnn1CCOC. The molecule has 2 aromatic heterocycles. The lowest BCUT2D eigenvalue weighted by molar-refractivity contribution is 0.102. The lowest BCUT2D eigenvalue weighted by atomic mass is 10.0. The van der Waals surface area contributed by atoms with Crippen molar-refractivity contribution in [1.29, 1.82) is 0 Å². The second-order valence-corrected chi connectivity index (χ2v) is 4.99. The average molecular weight is 309 g/mol. The van der Waals surface area contributed by atoms with E-state index in [0.717, 1.165) is 0 Å². The van der Waals surface area contributed by atoms with Gasteiger partial charge in [0.2, 0.25) is 5.78 Å². The van der Waals surface area contributed by atoms with Gasteiger partial charge in [0.05, 0.1) is 35.8 Å². The van der Waals surface area contributed by atoms with Gasteiger partial charge in [0.15, 0.2) is 0 Å². The topological polar surface area (TPSA) is 69.9 Å². The normalized spacial score (nSPS) is 10.9. The van der Waals surface area contributed by atoms with Gasteiger partial charge in [0.25, 0.3) is 0 Å². The van der Waals surface area contributed by atoms with E-state index >= 15 is 0 Å². The van der Waals surface area contributed by atoms with Gasteiger partial charge in [-0.25, -0.2) is 0 Å². The number of hydrogen-bond acceptors (Lipinski definition) is 5. The van der Waals surface area contributed by atoms with E-state index in [9.17, 15) is 4.79 Å². The lowest BCUT2D eigenvalue weighted by Gasteiger charge is -2.09. The highest BCUT2D eigenvalue weighted by atomic mass is 35.5. The third-order valence-electron chi connectivity index (χ3n) is 3.09. The zero-order chi connectivity index (χ0) is 15.4. The van der Waals surface area contributed by atoms with E-state index in [0.29, 0.717) is 47.2 Å². The standard InChI is InChI=1S/C14H17ClN4O2/c1-4-12-10(7-9(2)17-18-12)14(20)13-11(15)8-16-19(13)5-6-21-3/h7-8H,4-6H2,1-3H3. The number of ketones is 1. The Kier molecular flexibility index (Phi) is 5.03. The molecule has 0 bridgehead atoms. The van der Waals surface area contributed by atoms with Crippen molar-refractivity contribution in [2.75, 3.05) is 13.7 Å². The summed E-state index contributed by atoms with van der Waals surface area (Å²) in [6, 6.07) is 1.73. The van der Waals surface area contributed by atoms with Crippen molar-refractivity contribution in [2.24, 2.45) is 0 Å². The van der Waals surface area contributed by atoms with E-state index in [1.54, 1.807) is 24.8 Å². The summed E-state index contributed by atoms with van der Waals surface area (Å²) < 4.78 is 6.58. The fourth-order valence-corrected chi connectivity index (χ4v) is 2.26. The number of nitrogens with zero attached hydrogens (tertiary/aromatic N) is 4. The number of ether oxygens (including phenoxy) is 1. The van der Waals surface area contributed by atoms with Crippen LogP contribution in [0.5, 0.6) is 0 Å². The van der Waals surface area contributed by atoms with Gasteiger partial charge in [-0.2, -0.15) is 15.3 Å². The number of carbonyl (C=O) groups is 1. The van der Waals surface area contributed by atoms with E-state index in [1.165, 1.54) is 6.20 Å². The number of halogens is 1. The Hall–Kier alpha value is -1.79. The second-order valence-electron chi connectivity index (χ2n) is 4.59. The molecule has 0 fully saturated rings. The monoisotopic (exact) mass is 308 g/mol. The molecule has 0 amide bonds. The Morgan fingerprint density at radius 3 is 2.86 bits per heavy atom. The molecule has 0 saturated heterocycles. The first-order chi connectivity index (χ1) is 10.1. The number of methoxy groups -OCH3 is 1. The molecule has 2 heterocycles. The second kappa shape index (κ2) is 6.78. The van der Waals surface area contributed by atoms with Gasteiger partial charge in [-0.15, -0.1) is 0 Å². The maximum absolute atomic E-state index is 12.8. The highest BCUT2D eigenvalue weighted by Crippen LogP contribution is 2.21. The molecule has 0 unspecified atom stereocenters. The number of carbonyl (C=O) groups excluding carboxylic acids is 1. The highest BCUT2D eigenvalue weighted by Gasteiger charge is 2.22. The van der Waals surface area contributed by atoms with Crippen LogP contribution in [0.15, 0.2) is 12.3 Å². The summed E-state index contributed by atoms with van der Waals surface area (Å²) in [5.74, 6) is -0.191. The molecule has 0 N–H and O–H groups in total. The molecule has 0 aliphatic heterocycles. The molecule has 0 radical (unpaired) electrons. The Morgan fingerprint density at radius 2 is 2.19 bits per heavy atom. The predicted molar refractivity (Wildman–Crippen MR) is 78.7 cm³/mol. The van der Waals surface area contributed by atoms with Crippen molar-refractivity contribution in [3.8, 4) is 0 Å². The average Bonchev–Trinajstić information content (AvgIpc) is 2.85. The van der Waals surface area contributed by atoms with Gasteiger partial charge in [-0.05, 0) is 19.4 Å². The maximum atomic E-state index is 12.8. The zero-order valence-electron chi connectivity index (χ0n) is 12.3. The molecule has 0 saturated carbocycles. The van der Waals surface area contributed by atoms with E-state index in [-0.39, 0.29) is 5.78 Å². The van der Waals surface area contributed by atoms with Crippen LogP contribution in [0.1, 0.15) is 34.4 Å². The number of hydrogen-bond donors (Lipinski definition) is 0. The fraction of sp³-hybridized carbons (Fsp3) is 0.429. The molecule has 0 atom stereocenters. The first-order valence-corrected chi connectivity index (χ1v) is 7.04. The first kappa shape index (κ1) is 15.6. The van der Waals surface area contributed by atoms with Crippen LogP contribution in [0.3, 0.4) is 0 Å². The minimum Gasteiger partial charge on any atom is -0.383 e. The Balaban J connectivity index is 2.45. The molecule has 0 aliphatic carbocycles. The smallest absolute Gasteiger partial charge is 0.214 e. The van der Waals surface area contributed by atoms with Crippen LogP contribution in [0.25, 0.3) is 0 Å². The summed E-state index contributed by atoms with van der Waals surface area (Å²) in [4.78, 5) is 12.8. The molecule has 112 valence electrons. The lowest BCUT2D eigenvalue weighted by Crippen LogP contribution is -2.17. The van der Waals surface area contributed by atoms with E-state index in [1.807, 2.05) is 6.92 Å². The van der Waals surface area contributed by atoms with Crippen molar-refractivity contribution in [3.05, 3.63) is 39.9 Å². The van der Waals surface area contributed by atoms with Crippen LogP contribution in [0, 0.1) is 6.92 Å². The third-order valence-corrected chi connectivity index (χ3v) is 3.37. The largest absolute Gasteiger partial charge is 0.383 e. The molecule has 6 nitrogen and oxygen atoms in total. The van der Waals surface area contributed by atoms with Gasteiger partial charge >= 0.3 is 0 Å². The van der Waals surface area contributed by atoms with E-state index in [4.69, 9.17) is 16.3 Å². The summed E-state index contributed by atoms with van der Waals surface area (Å²) in [7, 11) is 1.60. The van der Waals surface area contributed by atoms with Crippen LogP contribution in [-0.2, 0) is 17.7 Å². The minimum absolute atomic E-state index is 0.191. The zero-order valence-corrected chi connectivity index (χ0v) is 13.0. The molecular weight excluding hydrogens is 292 g/mol. The predicted octanol–water partition coefficient (Wildman–Crippen LogP) is 2.07. The summed E-state index contributed by atoms with van der Waals surface area (Å²) in [6.45, 7) is 4.64. The van der Waals surface area contributed by atoms with Crippen LogP contribution >= 0.6 is 11.6 Å². The highest BCUT2D eigenvalue weighted by molar-refractivity contribution is 6.34. The molecule has 0 aliphatic rings. The van der Waals surface area contributed by atoms with Crippen molar-refractivity contribution in [1.82, 2.24) is 20.0 Å². The fourth-order valence-electron chi connectivity index (χ4n) is 2.03. The quantitative estimate of drug-likeness (QED) is 0.764. The van der Waals surface area contributed by atoms with Crippen LogP contribution in [0.4, 0.5) is 0 Å². The van der Waals surface area contributed by atoms with Gasteiger partial charge in [0, 0.05) is 12.7 Å². The number of rotatable bonds is 6. The molecule has 7 heteroatoms. The van der Waals surface area contributed by atoms with Gasteiger partial charge in [0.1, 0.15) is 5.69 Å². The third kappa shape index (κ3) is 3.28. The maximum Gasteiger partial charge on any atom is 0.214 e. The van der Waals surface area contributed by atoms with Crippen molar-refractivity contribution in [2.45, 2.75) is 26.8 Å². The minimum atomic E-state index is -0.191. The van der Waals surface area contributed by atoms with Crippen molar-refractivity contribution in [3.63, 3.8) is 0 Å². The van der Waals surface area contributed by atoms with Crippen LogP contribution in [-0.4, -0.2) is 39.5 Å². The van der Waals surface area contributed by atoms with Crippen molar-refractivity contribution >= 4 is 17.4 Å². The van der Waals surface area contributed by atoms with Gasteiger partial charge < -0.3 is 4.74 Å². The summed E-state index contributed by atoms with van der Waals surface area (Å²) >= 11 is 6.12. The Morgan fingerprint density at radius 1 is 1.43 bits per heavy atom. The van der Waals surface area contributed by atoms with Gasteiger partial charge in [-0.3, -0.25) is 9.48 Å². The molecule has 21 heavy (non-hydrogen) atoms. The van der Waals surface area contributed by atoms with Crippen LogP contribution in [0.2, 0.25) is 5.02 Å². The van der Waals surface area contributed by atoms with Crippen molar-refractivity contribution < 1.29 is 9.53 Å². The first-order valence-electron chi connectivity index (χ1n) is 6.66. The van der Waals surface area contributed by atoms with Gasteiger partial charge in [-0.1, -0.05) is 18.5 Å². The Labute approximate surface area is 128 Å². The molecule has 2 aromatic rings. The number of aryl methyl sites for hydroxylation is 2. The summed E-state index contributed by atoms with van der Waals surface area (Å²) in [6.07, 6.45) is 2.09. The van der Waals surface area contributed by atoms with E-state index < -0.39 is 0 Å².